The first kappa shape index (κ1) is 16.5. The van der Waals surface area contributed by atoms with Crippen LogP contribution in [0.5, 0.6) is 0 Å². The Morgan fingerprint density at radius 1 is 1.19 bits per heavy atom. The van der Waals surface area contributed by atoms with Crippen molar-refractivity contribution in [2.45, 2.75) is 25.4 Å². The molecule has 4 aromatic rings. The average molecular weight is 380 g/mol. The monoisotopic (exact) mass is 380 g/mol. The fourth-order valence-electron chi connectivity index (χ4n) is 3.89. The van der Waals surface area contributed by atoms with Gasteiger partial charge in [0.05, 0.1) is 23.0 Å². The van der Waals surface area contributed by atoms with Gasteiger partial charge < -0.3 is 9.40 Å². The molecular formula is C20H20N4O2S. The standard InChI is InChI=1S/C20H20N4O2S/c25-20-22-16-4-1-2-5-17(16)24(20)15-7-9-23(10-8-15)12-14-13-27-19(21-14)18-6-3-11-26-18/h1-6,11,13,15H,7-10,12H2,(H,22,25). The molecule has 1 aliphatic rings. The molecule has 5 rings (SSSR count). The second-order valence-electron chi connectivity index (χ2n) is 6.95. The molecule has 0 spiro atoms. The van der Waals surface area contributed by atoms with Crippen LogP contribution >= 0.6 is 11.3 Å². The predicted molar refractivity (Wildman–Crippen MR) is 106 cm³/mol. The third-order valence-corrected chi connectivity index (χ3v) is 6.12. The fraction of sp³-hybridized carbons (Fsp3) is 0.300. The molecule has 0 atom stereocenters. The van der Waals surface area contributed by atoms with E-state index < -0.39 is 0 Å². The van der Waals surface area contributed by atoms with E-state index in [0.29, 0.717) is 0 Å². The Kier molecular flexibility index (Phi) is 4.18. The lowest BCUT2D eigenvalue weighted by Gasteiger charge is -2.32. The molecule has 6 nitrogen and oxygen atoms in total. The molecule has 1 N–H and O–H groups in total. The summed E-state index contributed by atoms with van der Waals surface area (Å²) in [4.78, 5) is 22.5. The van der Waals surface area contributed by atoms with Gasteiger partial charge in [-0.1, -0.05) is 12.1 Å². The van der Waals surface area contributed by atoms with Crippen molar-refractivity contribution < 1.29 is 4.42 Å². The second-order valence-corrected chi connectivity index (χ2v) is 7.80. The van der Waals surface area contributed by atoms with Gasteiger partial charge in [-0.3, -0.25) is 9.47 Å². The Hall–Kier alpha value is -2.64. The molecule has 7 heteroatoms. The van der Waals surface area contributed by atoms with Gasteiger partial charge in [0.25, 0.3) is 0 Å². The number of hydrogen-bond acceptors (Lipinski definition) is 5. The van der Waals surface area contributed by atoms with E-state index in [1.807, 2.05) is 41.0 Å². The zero-order valence-corrected chi connectivity index (χ0v) is 15.6. The summed E-state index contributed by atoms with van der Waals surface area (Å²) in [5, 5.41) is 3.03. The maximum atomic E-state index is 12.4. The number of aromatic nitrogens is 3. The number of aromatic amines is 1. The molecule has 0 aliphatic carbocycles. The number of rotatable bonds is 4. The third kappa shape index (κ3) is 3.13. The average Bonchev–Trinajstić information content (AvgIpc) is 3.41. The lowest BCUT2D eigenvalue weighted by molar-refractivity contribution is 0.178. The topological polar surface area (TPSA) is 67.1 Å². The molecule has 138 valence electrons. The first-order chi connectivity index (χ1) is 13.3. The Bertz CT molecular complexity index is 1100. The second kappa shape index (κ2) is 6.83. The molecule has 3 aromatic heterocycles. The van der Waals surface area contributed by atoms with Gasteiger partial charge in [0.2, 0.25) is 0 Å². The zero-order chi connectivity index (χ0) is 18.2. The molecule has 1 aromatic carbocycles. The zero-order valence-electron chi connectivity index (χ0n) is 14.8. The summed E-state index contributed by atoms with van der Waals surface area (Å²) in [6.07, 6.45) is 3.61. The van der Waals surface area contributed by atoms with E-state index >= 15 is 0 Å². The van der Waals surface area contributed by atoms with Gasteiger partial charge in [-0.05, 0) is 37.1 Å². The highest BCUT2D eigenvalue weighted by molar-refractivity contribution is 7.13. The van der Waals surface area contributed by atoms with Gasteiger partial charge in [0.1, 0.15) is 0 Å². The Labute approximate surface area is 160 Å². The molecule has 4 heterocycles. The minimum Gasteiger partial charge on any atom is -0.462 e. The van der Waals surface area contributed by atoms with Crippen molar-refractivity contribution >= 4 is 22.4 Å². The number of imidazole rings is 1. The predicted octanol–water partition coefficient (Wildman–Crippen LogP) is 3.88. The Balaban J connectivity index is 1.26. The van der Waals surface area contributed by atoms with Crippen LogP contribution < -0.4 is 5.69 Å². The molecule has 1 saturated heterocycles. The smallest absolute Gasteiger partial charge is 0.326 e. The summed E-state index contributed by atoms with van der Waals surface area (Å²) < 4.78 is 7.36. The molecule has 0 amide bonds. The van der Waals surface area contributed by atoms with Crippen LogP contribution in [-0.4, -0.2) is 32.5 Å². The highest BCUT2D eigenvalue weighted by Crippen LogP contribution is 2.27. The van der Waals surface area contributed by atoms with E-state index in [1.165, 1.54) is 0 Å². The van der Waals surface area contributed by atoms with E-state index in [4.69, 9.17) is 9.40 Å². The van der Waals surface area contributed by atoms with Crippen LogP contribution in [0.2, 0.25) is 0 Å². The Morgan fingerprint density at radius 2 is 2.04 bits per heavy atom. The van der Waals surface area contributed by atoms with Crippen molar-refractivity contribution in [3.8, 4) is 10.8 Å². The largest absolute Gasteiger partial charge is 0.462 e. The SMILES string of the molecule is O=c1[nH]c2ccccc2n1C1CCN(Cc2csc(-c3ccco3)n2)CC1. The third-order valence-electron chi connectivity index (χ3n) is 5.22. The van der Waals surface area contributed by atoms with Crippen LogP contribution in [0.4, 0.5) is 0 Å². The van der Waals surface area contributed by atoms with Crippen LogP contribution in [0.1, 0.15) is 24.6 Å². The van der Waals surface area contributed by atoms with E-state index in [0.717, 1.165) is 60.0 Å². The number of thiazole rings is 1. The maximum Gasteiger partial charge on any atom is 0.326 e. The summed E-state index contributed by atoms with van der Waals surface area (Å²) in [7, 11) is 0. The van der Waals surface area contributed by atoms with Crippen molar-refractivity contribution in [2.24, 2.45) is 0 Å². The van der Waals surface area contributed by atoms with Gasteiger partial charge in [0, 0.05) is 31.1 Å². The van der Waals surface area contributed by atoms with Crippen molar-refractivity contribution in [3.63, 3.8) is 0 Å². The molecule has 0 bridgehead atoms. The number of para-hydroxylation sites is 2. The number of furan rings is 1. The van der Waals surface area contributed by atoms with Crippen LogP contribution in [0, 0.1) is 0 Å². The van der Waals surface area contributed by atoms with Gasteiger partial charge >= 0.3 is 5.69 Å². The van der Waals surface area contributed by atoms with Gasteiger partial charge in [-0.2, -0.15) is 0 Å². The van der Waals surface area contributed by atoms with Gasteiger partial charge in [-0.25, -0.2) is 9.78 Å². The van der Waals surface area contributed by atoms with E-state index in [2.05, 4.69) is 15.3 Å². The molecule has 0 radical (unpaired) electrons. The van der Waals surface area contributed by atoms with Crippen molar-refractivity contribution in [2.75, 3.05) is 13.1 Å². The van der Waals surface area contributed by atoms with Gasteiger partial charge in [-0.15, -0.1) is 11.3 Å². The minimum atomic E-state index is -0.00255. The van der Waals surface area contributed by atoms with Crippen LogP contribution in [0.25, 0.3) is 21.8 Å². The highest BCUT2D eigenvalue weighted by Gasteiger charge is 2.24. The normalized spacial score (nSPS) is 16.3. The molecule has 1 fully saturated rings. The summed E-state index contributed by atoms with van der Waals surface area (Å²) >= 11 is 1.62. The van der Waals surface area contributed by atoms with Crippen LogP contribution in [-0.2, 0) is 6.54 Å². The minimum absolute atomic E-state index is 0.00255. The molecule has 0 unspecified atom stereocenters. The summed E-state index contributed by atoms with van der Waals surface area (Å²) in [5.41, 5.74) is 2.99. The lowest BCUT2D eigenvalue weighted by atomic mass is 10.0. The molecule has 0 saturated carbocycles. The number of benzene rings is 1. The van der Waals surface area contributed by atoms with Gasteiger partial charge in [0.15, 0.2) is 10.8 Å². The molecule has 1 aliphatic heterocycles. The fourth-order valence-corrected chi connectivity index (χ4v) is 4.67. The van der Waals surface area contributed by atoms with E-state index in [9.17, 15) is 4.79 Å². The Morgan fingerprint density at radius 3 is 2.85 bits per heavy atom. The number of nitrogens with zero attached hydrogens (tertiary/aromatic N) is 3. The number of H-pyrrole nitrogens is 1. The quantitative estimate of drug-likeness (QED) is 0.583. The maximum absolute atomic E-state index is 12.4. The van der Waals surface area contributed by atoms with Crippen LogP contribution in [0.15, 0.2) is 57.3 Å². The molecule has 27 heavy (non-hydrogen) atoms. The first-order valence-electron chi connectivity index (χ1n) is 9.18. The molecular weight excluding hydrogens is 360 g/mol. The number of piperidine rings is 1. The van der Waals surface area contributed by atoms with Crippen molar-refractivity contribution in [3.05, 3.63) is 64.2 Å². The first-order valence-corrected chi connectivity index (χ1v) is 10.1. The van der Waals surface area contributed by atoms with E-state index in [1.54, 1.807) is 17.6 Å². The van der Waals surface area contributed by atoms with Crippen molar-refractivity contribution in [1.82, 2.24) is 19.4 Å². The lowest BCUT2D eigenvalue weighted by Crippen LogP contribution is -2.36. The van der Waals surface area contributed by atoms with E-state index in [-0.39, 0.29) is 11.7 Å². The number of likely N-dealkylation sites (tertiary alicyclic amines) is 1. The number of nitrogens with one attached hydrogen (secondary N) is 1. The van der Waals surface area contributed by atoms with Crippen LogP contribution in [0.3, 0.4) is 0 Å². The summed E-state index contributed by atoms with van der Waals surface area (Å²) in [6, 6.07) is 12.0. The van der Waals surface area contributed by atoms with Crippen molar-refractivity contribution in [1.29, 1.82) is 0 Å². The number of hydrogen-bond donors (Lipinski definition) is 1. The summed E-state index contributed by atoms with van der Waals surface area (Å²) in [6.45, 7) is 2.77. The summed E-state index contributed by atoms with van der Waals surface area (Å²) in [5.74, 6) is 0.823. The number of fused-ring (bicyclic) bond motifs is 1. The highest BCUT2D eigenvalue weighted by atomic mass is 32.1.